The van der Waals surface area contributed by atoms with Crippen LogP contribution < -0.4 is 15.8 Å². The number of benzene rings is 1. The standard InChI is InChI=1S/C24H25F3N6O2/c1-32-8-7-14(10-21(32)35)13-3-5-16(19(34)9-13)23-28-12-20(30-31-23)33(2)18-11-15-4-6-17(29-15)22(18)24(25,26)27/h3,5,7-10,12,15,17-18,22,29,34H,4,6,11H2,1-2H3/t15-,17+,18-,22+/m0/s1. The van der Waals surface area contributed by atoms with Gasteiger partial charge in [0, 0.05) is 44.5 Å². The minimum absolute atomic E-state index is 0.0616. The highest BCUT2D eigenvalue weighted by atomic mass is 19.4. The topological polar surface area (TPSA) is 96.2 Å². The third-order valence-electron chi connectivity index (χ3n) is 7.11. The molecule has 0 amide bonds. The molecule has 2 aliphatic heterocycles. The molecule has 2 saturated heterocycles. The molecular formula is C24H25F3N6O2. The summed E-state index contributed by atoms with van der Waals surface area (Å²) in [6.07, 6.45) is 0.302. The first-order chi connectivity index (χ1) is 16.6. The molecule has 2 aliphatic rings. The maximum absolute atomic E-state index is 13.9. The molecule has 2 N–H and O–H groups in total. The molecule has 1 aromatic carbocycles. The second-order valence-electron chi connectivity index (χ2n) is 9.27. The monoisotopic (exact) mass is 486 g/mol. The number of rotatable bonds is 4. The van der Waals surface area contributed by atoms with Crippen LogP contribution in [0.1, 0.15) is 19.3 Å². The third kappa shape index (κ3) is 4.36. The number of phenols is 1. The average molecular weight is 486 g/mol. The van der Waals surface area contributed by atoms with Crippen LogP contribution in [-0.4, -0.2) is 56.2 Å². The van der Waals surface area contributed by atoms with Crippen LogP contribution >= 0.6 is 0 Å². The number of fused-ring (bicyclic) bond motifs is 2. The molecule has 3 aromatic rings. The number of hydrogen-bond donors (Lipinski definition) is 2. The summed E-state index contributed by atoms with van der Waals surface area (Å²) in [5.41, 5.74) is 1.45. The van der Waals surface area contributed by atoms with Crippen LogP contribution in [0.2, 0.25) is 0 Å². The summed E-state index contributed by atoms with van der Waals surface area (Å²) in [4.78, 5) is 17.7. The predicted octanol–water partition coefficient (Wildman–Crippen LogP) is 3.12. The molecule has 0 radical (unpaired) electrons. The number of aromatic hydroxyl groups is 1. The SMILES string of the molecule is CN(c1cnc(-c2ccc(-c3ccn(C)c(=O)c3)cc2O)nn1)[C@H]1C[C@@H]2CC[C@@H](N2)[C@H]1C(F)(F)F. The van der Waals surface area contributed by atoms with Crippen molar-refractivity contribution in [1.82, 2.24) is 25.1 Å². The largest absolute Gasteiger partial charge is 0.507 e. The van der Waals surface area contributed by atoms with Crippen LogP contribution in [0.3, 0.4) is 0 Å². The maximum atomic E-state index is 13.9. The van der Waals surface area contributed by atoms with Gasteiger partial charge in [-0.1, -0.05) is 6.07 Å². The second kappa shape index (κ2) is 8.63. The van der Waals surface area contributed by atoms with Crippen molar-refractivity contribution in [2.45, 2.75) is 43.6 Å². The Hall–Kier alpha value is -3.47. The molecular weight excluding hydrogens is 461 g/mol. The zero-order valence-electron chi connectivity index (χ0n) is 19.2. The van der Waals surface area contributed by atoms with Gasteiger partial charge in [0.2, 0.25) is 0 Å². The van der Waals surface area contributed by atoms with E-state index < -0.39 is 24.2 Å². The summed E-state index contributed by atoms with van der Waals surface area (Å²) in [5.74, 6) is -1.21. The first-order valence-electron chi connectivity index (χ1n) is 11.4. The van der Waals surface area contributed by atoms with E-state index in [0.29, 0.717) is 29.5 Å². The van der Waals surface area contributed by atoms with E-state index in [4.69, 9.17) is 0 Å². The summed E-state index contributed by atoms with van der Waals surface area (Å²) in [6.45, 7) is 0. The van der Waals surface area contributed by atoms with Crippen molar-refractivity contribution in [3.8, 4) is 28.3 Å². The van der Waals surface area contributed by atoms with Crippen molar-refractivity contribution in [2.75, 3.05) is 11.9 Å². The van der Waals surface area contributed by atoms with Gasteiger partial charge in [-0.25, -0.2) is 4.98 Å². The van der Waals surface area contributed by atoms with Crippen molar-refractivity contribution in [3.05, 3.63) is 53.1 Å². The molecule has 0 unspecified atom stereocenters. The minimum atomic E-state index is -4.33. The Bertz CT molecular complexity index is 1290. The van der Waals surface area contributed by atoms with Crippen LogP contribution in [0, 0.1) is 5.92 Å². The lowest BCUT2D eigenvalue weighted by Gasteiger charge is -2.43. The van der Waals surface area contributed by atoms with E-state index in [-0.39, 0.29) is 29.0 Å². The Kier molecular flexibility index (Phi) is 5.74. The molecule has 0 aliphatic carbocycles. The van der Waals surface area contributed by atoms with Gasteiger partial charge >= 0.3 is 6.18 Å². The number of aromatic nitrogens is 4. The van der Waals surface area contributed by atoms with Gasteiger partial charge in [-0.05, 0) is 48.6 Å². The molecule has 2 bridgehead atoms. The molecule has 0 spiro atoms. The van der Waals surface area contributed by atoms with E-state index >= 15 is 0 Å². The average Bonchev–Trinajstić information content (AvgIpc) is 3.19. The first-order valence-corrected chi connectivity index (χ1v) is 11.4. The Morgan fingerprint density at radius 3 is 2.57 bits per heavy atom. The lowest BCUT2D eigenvalue weighted by Crippen LogP contribution is -2.59. The highest BCUT2D eigenvalue weighted by Gasteiger charge is 2.55. The fraction of sp³-hybridized carbons (Fsp3) is 0.417. The number of nitrogens with one attached hydrogen (secondary N) is 1. The van der Waals surface area contributed by atoms with E-state index in [9.17, 15) is 23.1 Å². The molecule has 5 rings (SSSR count). The van der Waals surface area contributed by atoms with Crippen LogP contribution in [0.5, 0.6) is 5.75 Å². The van der Waals surface area contributed by atoms with Gasteiger partial charge in [0.15, 0.2) is 11.6 Å². The number of hydrogen-bond acceptors (Lipinski definition) is 7. The summed E-state index contributed by atoms with van der Waals surface area (Å²) in [6, 6.07) is 6.79. The number of aryl methyl sites for hydroxylation is 1. The lowest BCUT2D eigenvalue weighted by molar-refractivity contribution is -0.191. The highest BCUT2D eigenvalue weighted by Crippen LogP contribution is 2.43. The fourth-order valence-corrected chi connectivity index (χ4v) is 5.22. The van der Waals surface area contributed by atoms with Crippen molar-refractivity contribution >= 4 is 5.82 Å². The molecule has 2 fully saturated rings. The number of phenolic OH excluding ortho intramolecular Hbond substituents is 1. The van der Waals surface area contributed by atoms with Gasteiger partial charge in [-0.2, -0.15) is 13.2 Å². The molecule has 184 valence electrons. The Morgan fingerprint density at radius 1 is 1.14 bits per heavy atom. The van der Waals surface area contributed by atoms with E-state index in [1.165, 1.54) is 27.8 Å². The summed E-state index contributed by atoms with van der Waals surface area (Å²) in [7, 11) is 3.24. The number of nitrogens with zero attached hydrogens (tertiary/aromatic N) is 5. The number of piperidine rings is 1. The van der Waals surface area contributed by atoms with E-state index in [2.05, 4.69) is 20.5 Å². The molecule has 35 heavy (non-hydrogen) atoms. The summed E-state index contributed by atoms with van der Waals surface area (Å²) in [5, 5.41) is 21.9. The van der Waals surface area contributed by atoms with Gasteiger partial charge in [0.1, 0.15) is 5.75 Å². The van der Waals surface area contributed by atoms with E-state index in [1.54, 1.807) is 38.5 Å². The van der Waals surface area contributed by atoms with Gasteiger partial charge < -0.3 is 19.9 Å². The number of anilines is 1. The number of alkyl halides is 3. The Balaban J connectivity index is 1.38. The molecule has 11 heteroatoms. The Morgan fingerprint density at radius 2 is 1.91 bits per heavy atom. The maximum Gasteiger partial charge on any atom is 0.395 e. The van der Waals surface area contributed by atoms with E-state index in [0.717, 1.165) is 6.42 Å². The predicted molar refractivity (Wildman–Crippen MR) is 124 cm³/mol. The van der Waals surface area contributed by atoms with Crippen molar-refractivity contribution in [2.24, 2.45) is 13.0 Å². The fourth-order valence-electron chi connectivity index (χ4n) is 5.22. The van der Waals surface area contributed by atoms with E-state index in [1.807, 2.05) is 0 Å². The zero-order valence-corrected chi connectivity index (χ0v) is 19.2. The molecule has 8 nitrogen and oxygen atoms in total. The number of pyridine rings is 1. The molecule has 4 atom stereocenters. The summed E-state index contributed by atoms with van der Waals surface area (Å²) < 4.78 is 43.1. The van der Waals surface area contributed by atoms with Gasteiger partial charge in [-0.3, -0.25) is 4.79 Å². The van der Waals surface area contributed by atoms with Crippen molar-refractivity contribution < 1.29 is 18.3 Å². The first kappa shape index (κ1) is 23.3. The second-order valence-corrected chi connectivity index (χ2v) is 9.27. The van der Waals surface area contributed by atoms with Crippen LogP contribution in [0.4, 0.5) is 19.0 Å². The van der Waals surface area contributed by atoms with Crippen LogP contribution in [0.25, 0.3) is 22.5 Å². The van der Waals surface area contributed by atoms with Crippen LogP contribution in [0.15, 0.2) is 47.5 Å². The minimum Gasteiger partial charge on any atom is -0.507 e. The quantitative estimate of drug-likeness (QED) is 0.585. The lowest BCUT2D eigenvalue weighted by atomic mass is 9.85. The van der Waals surface area contributed by atoms with Gasteiger partial charge in [-0.15, -0.1) is 10.2 Å². The molecule has 4 heterocycles. The zero-order chi connectivity index (χ0) is 24.9. The molecule has 0 saturated carbocycles. The smallest absolute Gasteiger partial charge is 0.395 e. The third-order valence-corrected chi connectivity index (χ3v) is 7.11. The van der Waals surface area contributed by atoms with Crippen LogP contribution in [-0.2, 0) is 7.05 Å². The van der Waals surface area contributed by atoms with Crippen molar-refractivity contribution in [3.63, 3.8) is 0 Å². The highest BCUT2D eigenvalue weighted by molar-refractivity contribution is 5.72. The normalized spacial score (nSPS) is 23.9. The van der Waals surface area contributed by atoms with Gasteiger partial charge in [0.25, 0.3) is 5.56 Å². The molecule has 2 aromatic heterocycles. The summed E-state index contributed by atoms with van der Waals surface area (Å²) >= 11 is 0. The van der Waals surface area contributed by atoms with Gasteiger partial charge in [0.05, 0.1) is 17.7 Å². The number of halogens is 3. The van der Waals surface area contributed by atoms with Crippen molar-refractivity contribution in [1.29, 1.82) is 0 Å². The Labute approximate surface area is 199 Å².